The van der Waals surface area contributed by atoms with Gasteiger partial charge in [-0.1, -0.05) is 61.9 Å². The smallest absolute Gasteiger partial charge is 0.0486 e. The van der Waals surface area contributed by atoms with E-state index < -0.39 is 0 Å². The maximum absolute atomic E-state index is 3.53. The molecule has 22 heavy (non-hydrogen) atoms. The van der Waals surface area contributed by atoms with Gasteiger partial charge in [0, 0.05) is 36.2 Å². The van der Waals surface area contributed by atoms with E-state index >= 15 is 0 Å². The third kappa shape index (κ3) is 3.23. The average Bonchev–Trinajstić information content (AvgIpc) is 2.84. The summed E-state index contributed by atoms with van der Waals surface area (Å²) in [7, 11) is 0. The largest absolute Gasteiger partial charge is 0.343 e. The van der Waals surface area contributed by atoms with Crippen LogP contribution in [0.4, 0.5) is 0 Å². The number of rotatable bonds is 5. The molecule has 0 aliphatic rings. The number of hydrogen-bond donors (Lipinski definition) is 1. The third-order valence-corrected chi connectivity index (χ3v) is 4.01. The van der Waals surface area contributed by atoms with Crippen LogP contribution in [0.15, 0.2) is 54.7 Å². The van der Waals surface area contributed by atoms with Gasteiger partial charge in [-0.25, -0.2) is 0 Å². The van der Waals surface area contributed by atoms with Crippen molar-refractivity contribution in [1.82, 2.24) is 9.88 Å². The minimum absolute atomic E-state index is 0.499. The zero-order valence-corrected chi connectivity index (χ0v) is 13.6. The molecule has 0 aliphatic heterocycles. The molecule has 2 nitrogen and oxygen atoms in total. The topological polar surface area (TPSA) is 17.0 Å². The zero-order valence-electron chi connectivity index (χ0n) is 13.6. The van der Waals surface area contributed by atoms with E-state index in [1.165, 1.54) is 27.6 Å². The summed E-state index contributed by atoms with van der Waals surface area (Å²) < 4.78 is 2.36. The molecule has 1 aromatic heterocycles. The fourth-order valence-corrected chi connectivity index (χ4v) is 2.92. The third-order valence-electron chi connectivity index (χ3n) is 4.01. The number of fused-ring (bicyclic) bond motifs is 1. The Bertz CT molecular complexity index is 768. The zero-order chi connectivity index (χ0) is 15.5. The Kier molecular flexibility index (Phi) is 4.30. The van der Waals surface area contributed by atoms with Gasteiger partial charge in [0.15, 0.2) is 0 Å². The van der Waals surface area contributed by atoms with E-state index in [4.69, 9.17) is 0 Å². The van der Waals surface area contributed by atoms with Crippen LogP contribution in [0.2, 0.25) is 0 Å². The Morgan fingerprint density at radius 3 is 2.64 bits per heavy atom. The minimum Gasteiger partial charge on any atom is -0.343 e. The van der Waals surface area contributed by atoms with Crippen LogP contribution in [0.1, 0.15) is 30.5 Å². The molecular weight excluding hydrogens is 268 g/mol. The van der Waals surface area contributed by atoms with E-state index in [1.54, 1.807) is 0 Å². The average molecular weight is 292 g/mol. The van der Waals surface area contributed by atoms with Crippen molar-refractivity contribution in [2.75, 3.05) is 0 Å². The highest BCUT2D eigenvalue weighted by molar-refractivity contribution is 5.84. The predicted molar refractivity (Wildman–Crippen MR) is 94.2 cm³/mol. The second kappa shape index (κ2) is 6.37. The highest BCUT2D eigenvalue weighted by Crippen LogP contribution is 2.22. The van der Waals surface area contributed by atoms with Crippen LogP contribution in [0, 0.1) is 6.92 Å². The Morgan fingerprint density at radius 1 is 1.05 bits per heavy atom. The molecule has 0 fully saturated rings. The van der Waals surface area contributed by atoms with Gasteiger partial charge in [0.05, 0.1) is 0 Å². The summed E-state index contributed by atoms with van der Waals surface area (Å²) in [5, 5.41) is 4.88. The van der Waals surface area contributed by atoms with Crippen LogP contribution in [-0.2, 0) is 13.1 Å². The summed E-state index contributed by atoms with van der Waals surface area (Å²) in [5.41, 5.74) is 5.35. The van der Waals surface area contributed by atoms with E-state index in [0.29, 0.717) is 6.04 Å². The van der Waals surface area contributed by atoms with Crippen molar-refractivity contribution in [2.45, 2.75) is 39.9 Å². The maximum atomic E-state index is 3.53. The van der Waals surface area contributed by atoms with Crippen LogP contribution in [0.25, 0.3) is 10.9 Å². The summed E-state index contributed by atoms with van der Waals surface area (Å²) in [6.07, 6.45) is 2.29. The number of aromatic nitrogens is 1. The van der Waals surface area contributed by atoms with Crippen LogP contribution in [0.3, 0.4) is 0 Å². The lowest BCUT2D eigenvalue weighted by atomic mass is 10.1. The van der Waals surface area contributed by atoms with E-state index in [-0.39, 0.29) is 0 Å². The molecule has 0 aliphatic carbocycles. The lowest BCUT2D eigenvalue weighted by Gasteiger charge is -2.07. The lowest BCUT2D eigenvalue weighted by molar-refractivity contribution is 0.589. The van der Waals surface area contributed by atoms with Gasteiger partial charge in [-0.2, -0.15) is 0 Å². The van der Waals surface area contributed by atoms with Gasteiger partial charge in [-0.3, -0.25) is 0 Å². The van der Waals surface area contributed by atoms with E-state index in [1.807, 2.05) is 0 Å². The standard InChI is InChI=1S/C20H24N2/c1-15(2)21-12-18-14-22(20-10-5-4-9-19(18)20)13-17-8-6-7-16(3)11-17/h4-11,14-15,21H,12-13H2,1-3H3. The normalized spacial score (nSPS) is 11.5. The van der Waals surface area contributed by atoms with Crippen molar-refractivity contribution >= 4 is 10.9 Å². The van der Waals surface area contributed by atoms with Crippen molar-refractivity contribution in [2.24, 2.45) is 0 Å². The molecule has 3 aromatic rings. The minimum atomic E-state index is 0.499. The predicted octanol–water partition coefficient (Wildman–Crippen LogP) is 4.50. The van der Waals surface area contributed by atoms with Crippen molar-refractivity contribution in [1.29, 1.82) is 0 Å². The molecule has 0 amide bonds. The second-order valence-corrected chi connectivity index (χ2v) is 6.32. The number of benzene rings is 2. The highest BCUT2D eigenvalue weighted by atomic mass is 15.0. The Morgan fingerprint density at radius 2 is 1.86 bits per heavy atom. The van der Waals surface area contributed by atoms with Gasteiger partial charge in [-0.15, -0.1) is 0 Å². The maximum Gasteiger partial charge on any atom is 0.0486 e. The SMILES string of the molecule is Cc1cccc(Cn2cc(CNC(C)C)c3ccccc32)c1. The van der Waals surface area contributed by atoms with Crippen molar-refractivity contribution in [3.8, 4) is 0 Å². The van der Waals surface area contributed by atoms with Gasteiger partial charge in [-0.05, 0) is 24.1 Å². The second-order valence-electron chi connectivity index (χ2n) is 6.32. The molecule has 1 heterocycles. The molecule has 1 N–H and O–H groups in total. The molecule has 0 radical (unpaired) electrons. The number of para-hydroxylation sites is 1. The molecule has 0 spiro atoms. The molecular formula is C20H24N2. The number of nitrogens with zero attached hydrogens (tertiary/aromatic N) is 1. The summed E-state index contributed by atoms with van der Waals surface area (Å²) in [6, 6.07) is 17.9. The molecule has 2 heteroatoms. The number of aryl methyl sites for hydroxylation is 1. The lowest BCUT2D eigenvalue weighted by Crippen LogP contribution is -2.21. The summed E-state index contributed by atoms with van der Waals surface area (Å²) in [5.74, 6) is 0. The van der Waals surface area contributed by atoms with E-state index in [2.05, 4.69) is 85.4 Å². The number of nitrogens with one attached hydrogen (secondary N) is 1. The van der Waals surface area contributed by atoms with Crippen LogP contribution in [-0.4, -0.2) is 10.6 Å². The van der Waals surface area contributed by atoms with Crippen molar-refractivity contribution in [3.05, 3.63) is 71.4 Å². The van der Waals surface area contributed by atoms with E-state index in [9.17, 15) is 0 Å². The molecule has 0 saturated carbocycles. The highest BCUT2D eigenvalue weighted by Gasteiger charge is 2.08. The molecule has 3 rings (SSSR count). The monoisotopic (exact) mass is 292 g/mol. The quantitative estimate of drug-likeness (QED) is 0.733. The first-order chi connectivity index (χ1) is 10.6. The van der Waals surface area contributed by atoms with Gasteiger partial charge in [0.1, 0.15) is 0 Å². The fourth-order valence-electron chi connectivity index (χ4n) is 2.92. The number of hydrogen-bond acceptors (Lipinski definition) is 1. The van der Waals surface area contributed by atoms with Gasteiger partial charge >= 0.3 is 0 Å². The molecule has 0 saturated heterocycles. The fraction of sp³-hybridized carbons (Fsp3) is 0.300. The summed E-state index contributed by atoms with van der Waals surface area (Å²) in [6.45, 7) is 8.36. The molecule has 2 aromatic carbocycles. The first kappa shape index (κ1) is 14.9. The van der Waals surface area contributed by atoms with E-state index in [0.717, 1.165) is 13.1 Å². The van der Waals surface area contributed by atoms with Gasteiger partial charge in [0.25, 0.3) is 0 Å². The van der Waals surface area contributed by atoms with Crippen molar-refractivity contribution < 1.29 is 0 Å². The van der Waals surface area contributed by atoms with Gasteiger partial charge < -0.3 is 9.88 Å². The Hall–Kier alpha value is -2.06. The summed E-state index contributed by atoms with van der Waals surface area (Å²) in [4.78, 5) is 0. The first-order valence-electron chi connectivity index (χ1n) is 7.99. The summed E-state index contributed by atoms with van der Waals surface area (Å²) >= 11 is 0. The van der Waals surface area contributed by atoms with Crippen LogP contribution >= 0.6 is 0 Å². The van der Waals surface area contributed by atoms with Gasteiger partial charge in [0.2, 0.25) is 0 Å². The molecule has 0 bridgehead atoms. The van der Waals surface area contributed by atoms with Crippen molar-refractivity contribution in [3.63, 3.8) is 0 Å². The first-order valence-corrected chi connectivity index (χ1v) is 7.99. The van der Waals surface area contributed by atoms with Crippen LogP contribution in [0.5, 0.6) is 0 Å². The molecule has 0 unspecified atom stereocenters. The Labute approximate surface area is 132 Å². The Balaban J connectivity index is 1.95. The molecule has 114 valence electrons. The molecule has 0 atom stereocenters. The van der Waals surface area contributed by atoms with Crippen LogP contribution < -0.4 is 5.32 Å².